The molecule has 0 radical (unpaired) electrons. The first-order valence-corrected chi connectivity index (χ1v) is 9.71. The van der Waals surface area contributed by atoms with Crippen molar-refractivity contribution in [3.63, 3.8) is 0 Å². The van der Waals surface area contributed by atoms with E-state index in [1.165, 1.54) is 22.2 Å². The molecule has 0 spiro atoms. The number of hydrogen-bond donors (Lipinski definition) is 1. The van der Waals surface area contributed by atoms with Gasteiger partial charge in [-0.3, -0.25) is 4.79 Å². The lowest BCUT2D eigenvalue weighted by molar-refractivity contribution is -0.120. The van der Waals surface area contributed by atoms with Crippen molar-refractivity contribution >= 4 is 29.0 Å². The number of nitrogens with one attached hydrogen (secondary N) is 1. The van der Waals surface area contributed by atoms with Crippen molar-refractivity contribution in [2.24, 2.45) is 0 Å². The molecule has 0 aliphatic carbocycles. The number of tetrazole rings is 1. The van der Waals surface area contributed by atoms with Crippen LogP contribution in [0, 0.1) is 6.92 Å². The van der Waals surface area contributed by atoms with Crippen molar-refractivity contribution in [1.29, 1.82) is 0 Å². The molecule has 0 fully saturated rings. The zero-order valence-electron chi connectivity index (χ0n) is 14.0. The molecule has 0 aliphatic rings. The quantitative estimate of drug-likeness (QED) is 0.645. The normalized spacial score (nSPS) is 12.1. The topological polar surface area (TPSA) is 72.7 Å². The number of aromatic nitrogens is 4. The Morgan fingerprint density at radius 1 is 1.32 bits per heavy atom. The summed E-state index contributed by atoms with van der Waals surface area (Å²) in [6.07, 6.45) is 0.849. The number of carbonyl (C=O) groups is 1. The number of amides is 1. The summed E-state index contributed by atoms with van der Waals surface area (Å²) in [6.45, 7) is 4.52. The van der Waals surface area contributed by atoms with Crippen molar-refractivity contribution < 1.29 is 4.79 Å². The first-order chi connectivity index (χ1) is 12.1. The number of benzene rings is 1. The zero-order chi connectivity index (χ0) is 17.6. The molecular formula is C17H19N5OS2. The lowest BCUT2D eigenvalue weighted by Crippen LogP contribution is -2.32. The standard InChI is InChI=1S/C17H19N5OS2/c1-12-5-7-14(8-6-12)22-17(19-20-21-22)25-13(2)16(23)18-10-9-15-4-3-11-24-15/h3-8,11,13H,9-10H2,1-2H3,(H,18,23). The minimum absolute atomic E-state index is 0.0139. The molecule has 1 atom stereocenters. The summed E-state index contributed by atoms with van der Waals surface area (Å²) in [4.78, 5) is 13.6. The van der Waals surface area contributed by atoms with Crippen molar-refractivity contribution in [1.82, 2.24) is 25.5 Å². The van der Waals surface area contributed by atoms with E-state index >= 15 is 0 Å². The lowest BCUT2D eigenvalue weighted by Gasteiger charge is -2.11. The fourth-order valence-electron chi connectivity index (χ4n) is 2.22. The van der Waals surface area contributed by atoms with Crippen molar-refractivity contribution in [3.8, 4) is 5.69 Å². The molecule has 1 N–H and O–H groups in total. The number of nitrogens with zero attached hydrogens (tertiary/aromatic N) is 4. The third-order valence-corrected chi connectivity index (χ3v) is 5.59. The molecule has 0 saturated carbocycles. The Morgan fingerprint density at radius 2 is 2.12 bits per heavy atom. The maximum Gasteiger partial charge on any atom is 0.233 e. The molecule has 1 unspecified atom stereocenters. The molecule has 3 rings (SSSR count). The Balaban J connectivity index is 1.57. The van der Waals surface area contributed by atoms with Crippen LogP contribution in [-0.2, 0) is 11.2 Å². The molecular weight excluding hydrogens is 354 g/mol. The van der Waals surface area contributed by atoms with Gasteiger partial charge < -0.3 is 5.32 Å². The average molecular weight is 374 g/mol. The minimum Gasteiger partial charge on any atom is -0.355 e. The maximum absolute atomic E-state index is 12.3. The van der Waals surface area contributed by atoms with E-state index in [0.29, 0.717) is 11.7 Å². The van der Waals surface area contributed by atoms with E-state index in [2.05, 4.69) is 26.9 Å². The van der Waals surface area contributed by atoms with Gasteiger partial charge in [-0.25, -0.2) is 0 Å². The smallest absolute Gasteiger partial charge is 0.233 e. The first kappa shape index (κ1) is 17.6. The molecule has 2 heterocycles. The molecule has 0 bridgehead atoms. The summed E-state index contributed by atoms with van der Waals surface area (Å²) in [7, 11) is 0. The second kappa shape index (κ2) is 8.26. The second-order valence-corrected chi connectivity index (χ2v) is 7.93. The Labute approximate surface area is 154 Å². The van der Waals surface area contributed by atoms with Gasteiger partial charge in [0.1, 0.15) is 0 Å². The molecule has 0 aliphatic heterocycles. The molecule has 1 aromatic carbocycles. The minimum atomic E-state index is -0.279. The van der Waals surface area contributed by atoms with Gasteiger partial charge in [-0.15, -0.1) is 16.4 Å². The molecule has 8 heteroatoms. The Hall–Kier alpha value is -2.19. The van der Waals surface area contributed by atoms with Crippen LogP contribution in [0.15, 0.2) is 46.9 Å². The molecule has 130 valence electrons. The van der Waals surface area contributed by atoms with Crippen LogP contribution in [0.4, 0.5) is 0 Å². The summed E-state index contributed by atoms with van der Waals surface area (Å²) in [5.74, 6) is -0.0139. The molecule has 0 saturated heterocycles. The third-order valence-electron chi connectivity index (χ3n) is 3.62. The van der Waals surface area contributed by atoms with Gasteiger partial charge in [0.15, 0.2) is 0 Å². The molecule has 6 nitrogen and oxygen atoms in total. The van der Waals surface area contributed by atoms with Gasteiger partial charge >= 0.3 is 0 Å². The van der Waals surface area contributed by atoms with Gasteiger partial charge in [-0.1, -0.05) is 35.5 Å². The SMILES string of the molecule is Cc1ccc(-n2nnnc2SC(C)C(=O)NCCc2cccs2)cc1. The number of rotatable bonds is 7. The van der Waals surface area contributed by atoms with Crippen molar-refractivity contribution in [2.75, 3.05) is 6.54 Å². The summed E-state index contributed by atoms with van der Waals surface area (Å²) >= 11 is 3.05. The van der Waals surface area contributed by atoms with Crippen LogP contribution in [0.2, 0.25) is 0 Å². The predicted molar refractivity (Wildman–Crippen MR) is 100 cm³/mol. The number of hydrogen-bond acceptors (Lipinski definition) is 6. The Kier molecular flexibility index (Phi) is 5.83. The fraction of sp³-hybridized carbons (Fsp3) is 0.294. The predicted octanol–water partition coefficient (Wildman–Crippen LogP) is 2.87. The molecule has 2 aromatic heterocycles. The van der Waals surface area contributed by atoms with E-state index in [1.54, 1.807) is 16.0 Å². The highest BCUT2D eigenvalue weighted by atomic mass is 32.2. The Bertz CT molecular complexity index is 814. The summed E-state index contributed by atoms with van der Waals surface area (Å²) in [5.41, 5.74) is 2.05. The maximum atomic E-state index is 12.3. The second-order valence-electron chi connectivity index (χ2n) is 5.59. The van der Waals surface area contributed by atoms with Crippen LogP contribution in [0.1, 0.15) is 17.4 Å². The van der Waals surface area contributed by atoms with Crippen LogP contribution in [0.5, 0.6) is 0 Å². The van der Waals surface area contributed by atoms with E-state index in [-0.39, 0.29) is 11.2 Å². The zero-order valence-corrected chi connectivity index (χ0v) is 15.7. The largest absolute Gasteiger partial charge is 0.355 e. The van der Waals surface area contributed by atoms with E-state index in [4.69, 9.17) is 0 Å². The number of thioether (sulfide) groups is 1. The summed E-state index contributed by atoms with van der Waals surface area (Å²) in [5, 5.41) is 17.1. The average Bonchev–Trinajstić information content (AvgIpc) is 3.27. The first-order valence-electron chi connectivity index (χ1n) is 7.95. The highest BCUT2D eigenvalue weighted by Crippen LogP contribution is 2.23. The highest BCUT2D eigenvalue weighted by Gasteiger charge is 2.19. The molecule has 25 heavy (non-hydrogen) atoms. The van der Waals surface area contributed by atoms with Crippen LogP contribution >= 0.6 is 23.1 Å². The summed E-state index contributed by atoms with van der Waals surface area (Å²) < 4.78 is 1.65. The van der Waals surface area contributed by atoms with E-state index in [0.717, 1.165) is 12.1 Å². The van der Waals surface area contributed by atoms with Gasteiger partial charge in [0.2, 0.25) is 11.1 Å². The monoisotopic (exact) mass is 373 g/mol. The van der Waals surface area contributed by atoms with Gasteiger partial charge in [0.05, 0.1) is 10.9 Å². The third kappa shape index (κ3) is 4.67. The molecule has 3 aromatic rings. The van der Waals surface area contributed by atoms with E-state index in [9.17, 15) is 4.79 Å². The van der Waals surface area contributed by atoms with Gasteiger partial charge in [-0.05, 0) is 54.3 Å². The van der Waals surface area contributed by atoms with Crippen molar-refractivity contribution in [2.45, 2.75) is 30.7 Å². The lowest BCUT2D eigenvalue weighted by atomic mass is 10.2. The van der Waals surface area contributed by atoms with Crippen LogP contribution < -0.4 is 5.32 Å². The van der Waals surface area contributed by atoms with Gasteiger partial charge in [0, 0.05) is 11.4 Å². The van der Waals surface area contributed by atoms with E-state index in [1.807, 2.05) is 49.6 Å². The number of aryl methyl sites for hydroxylation is 1. The van der Waals surface area contributed by atoms with Gasteiger partial charge in [-0.2, -0.15) is 4.68 Å². The van der Waals surface area contributed by atoms with Crippen LogP contribution in [0.3, 0.4) is 0 Å². The summed E-state index contributed by atoms with van der Waals surface area (Å²) in [6, 6.07) is 12.0. The highest BCUT2D eigenvalue weighted by molar-refractivity contribution is 8.00. The van der Waals surface area contributed by atoms with Crippen LogP contribution in [0.25, 0.3) is 5.69 Å². The van der Waals surface area contributed by atoms with Gasteiger partial charge in [0.25, 0.3) is 0 Å². The van der Waals surface area contributed by atoms with Crippen molar-refractivity contribution in [3.05, 3.63) is 52.2 Å². The fourth-order valence-corrected chi connectivity index (χ4v) is 3.76. The molecule has 1 amide bonds. The van der Waals surface area contributed by atoms with E-state index < -0.39 is 0 Å². The number of thiophene rings is 1. The Morgan fingerprint density at radius 3 is 2.84 bits per heavy atom. The number of carbonyl (C=O) groups excluding carboxylic acids is 1. The van der Waals surface area contributed by atoms with Crippen LogP contribution in [-0.4, -0.2) is 37.9 Å².